The second kappa shape index (κ2) is 2.14. The van der Waals surface area contributed by atoms with E-state index in [1.165, 1.54) is 7.05 Å². The molecule has 1 amide bonds. The van der Waals surface area contributed by atoms with Crippen LogP contribution in [0.25, 0.3) is 0 Å². The highest BCUT2D eigenvalue weighted by Gasteiger charge is 2.58. The maximum absolute atomic E-state index is 12.3. The summed E-state index contributed by atoms with van der Waals surface area (Å²) in [6.45, 7) is 0. The van der Waals surface area contributed by atoms with Gasteiger partial charge in [-0.1, -0.05) is 0 Å². The number of carbonyl (C=O) groups excluding carboxylic acids is 1. The number of rotatable bonds is 1. The van der Waals surface area contributed by atoms with Gasteiger partial charge in [0.05, 0.1) is 0 Å². The lowest BCUT2D eigenvalue weighted by atomic mass is 9.73. The van der Waals surface area contributed by atoms with E-state index < -0.39 is 30.2 Å². The second-order valence-electron chi connectivity index (χ2n) is 2.94. The van der Waals surface area contributed by atoms with E-state index >= 15 is 0 Å². The lowest BCUT2D eigenvalue weighted by Gasteiger charge is -2.42. The Bertz CT molecular complexity index is 185. The van der Waals surface area contributed by atoms with Crippen LogP contribution in [-0.2, 0) is 4.79 Å². The Labute approximate surface area is 62.9 Å². The maximum atomic E-state index is 12.3. The molecule has 0 aromatic rings. The molecule has 3 nitrogen and oxygen atoms in total. The molecule has 0 unspecified atom stereocenters. The van der Waals surface area contributed by atoms with E-state index in [-0.39, 0.29) is 0 Å². The lowest BCUT2D eigenvalue weighted by molar-refractivity contribution is -0.155. The molecule has 1 fully saturated rings. The highest BCUT2D eigenvalue weighted by molar-refractivity contribution is 5.87. The van der Waals surface area contributed by atoms with Crippen molar-refractivity contribution < 1.29 is 13.6 Å². The van der Waals surface area contributed by atoms with Crippen molar-refractivity contribution in [3.05, 3.63) is 0 Å². The summed E-state index contributed by atoms with van der Waals surface area (Å²) in [4.78, 5) is 10.8. The van der Waals surface area contributed by atoms with E-state index in [1.54, 1.807) is 0 Å². The molecule has 0 aromatic heterocycles. The molecule has 1 rings (SSSR count). The molecule has 0 aliphatic heterocycles. The number of nitrogens with two attached hydrogens (primary N) is 1. The van der Waals surface area contributed by atoms with E-state index in [9.17, 15) is 13.6 Å². The first-order chi connectivity index (χ1) is 4.90. The molecule has 1 aliphatic rings. The molecule has 1 aliphatic carbocycles. The van der Waals surface area contributed by atoms with Gasteiger partial charge in [0, 0.05) is 19.9 Å². The van der Waals surface area contributed by atoms with Crippen molar-refractivity contribution in [1.82, 2.24) is 5.32 Å². The molecule has 0 aromatic carbocycles. The van der Waals surface area contributed by atoms with Crippen molar-refractivity contribution in [2.45, 2.75) is 24.3 Å². The Kier molecular flexibility index (Phi) is 1.63. The van der Waals surface area contributed by atoms with Crippen LogP contribution < -0.4 is 11.1 Å². The van der Waals surface area contributed by atoms with E-state index in [0.29, 0.717) is 0 Å². The van der Waals surface area contributed by atoms with Gasteiger partial charge in [-0.25, -0.2) is 8.78 Å². The number of alkyl halides is 2. The molecule has 1 saturated carbocycles. The molecule has 0 spiro atoms. The number of amides is 1. The minimum Gasteiger partial charge on any atom is -0.358 e. The maximum Gasteiger partial charge on any atom is 0.252 e. The van der Waals surface area contributed by atoms with Crippen molar-refractivity contribution in [1.29, 1.82) is 0 Å². The van der Waals surface area contributed by atoms with E-state index in [1.807, 2.05) is 0 Å². The predicted molar refractivity (Wildman–Crippen MR) is 35.2 cm³/mol. The first-order valence-corrected chi connectivity index (χ1v) is 3.28. The fourth-order valence-electron chi connectivity index (χ4n) is 1.28. The molecule has 0 radical (unpaired) electrons. The van der Waals surface area contributed by atoms with Gasteiger partial charge >= 0.3 is 0 Å². The molecule has 64 valence electrons. The standard InChI is InChI=1S/C6H10F2N2O/c1-10-4(11)5(9)2-6(7,8)3-5/h2-3,9H2,1H3,(H,10,11). The van der Waals surface area contributed by atoms with Crippen molar-refractivity contribution in [2.24, 2.45) is 5.73 Å². The zero-order valence-corrected chi connectivity index (χ0v) is 6.16. The third-order valence-electron chi connectivity index (χ3n) is 1.83. The van der Waals surface area contributed by atoms with Gasteiger partial charge in [-0.15, -0.1) is 0 Å². The summed E-state index contributed by atoms with van der Waals surface area (Å²) < 4.78 is 24.5. The van der Waals surface area contributed by atoms with Crippen molar-refractivity contribution >= 4 is 5.91 Å². The summed E-state index contributed by atoms with van der Waals surface area (Å²) in [5.41, 5.74) is 4.01. The highest BCUT2D eigenvalue weighted by Crippen LogP contribution is 2.43. The number of halogens is 2. The van der Waals surface area contributed by atoms with Crippen LogP contribution in [-0.4, -0.2) is 24.4 Å². The summed E-state index contributed by atoms with van der Waals surface area (Å²) >= 11 is 0. The normalized spacial score (nSPS) is 25.5. The Morgan fingerprint density at radius 2 is 2.00 bits per heavy atom. The summed E-state index contributed by atoms with van der Waals surface area (Å²) in [5.74, 6) is -3.26. The van der Waals surface area contributed by atoms with Crippen LogP contribution in [0.5, 0.6) is 0 Å². The Morgan fingerprint density at radius 1 is 1.55 bits per heavy atom. The third kappa shape index (κ3) is 1.33. The zero-order valence-electron chi connectivity index (χ0n) is 6.16. The number of hydrogen-bond donors (Lipinski definition) is 2. The van der Waals surface area contributed by atoms with Gasteiger partial charge in [-0.2, -0.15) is 0 Å². The quantitative estimate of drug-likeness (QED) is 0.566. The Balaban J connectivity index is 2.56. The SMILES string of the molecule is CNC(=O)C1(N)CC(F)(F)C1. The molecule has 3 N–H and O–H groups in total. The summed E-state index contributed by atoms with van der Waals surface area (Å²) in [6.07, 6.45) is -1.08. The fraction of sp³-hybridized carbons (Fsp3) is 0.833. The smallest absolute Gasteiger partial charge is 0.252 e. The number of likely N-dealkylation sites (N-methyl/N-ethyl adjacent to an activating group) is 1. The van der Waals surface area contributed by atoms with Crippen LogP contribution in [0.2, 0.25) is 0 Å². The van der Waals surface area contributed by atoms with Crippen LogP contribution in [0, 0.1) is 0 Å². The summed E-state index contributed by atoms with van der Waals surface area (Å²) in [5, 5.41) is 2.25. The molecular weight excluding hydrogens is 154 g/mol. The van der Waals surface area contributed by atoms with Gasteiger partial charge in [0.1, 0.15) is 5.54 Å². The average molecular weight is 164 g/mol. The largest absolute Gasteiger partial charge is 0.358 e. The number of hydrogen-bond acceptors (Lipinski definition) is 2. The fourth-order valence-corrected chi connectivity index (χ4v) is 1.28. The van der Waals surface area contributed by atoms with Crippen molar-refractivity contribution in [3.8, 4) is 0 Å². The van der Waals surface area contributed by atoms with Gasteiger partial charge in [0.15, 0.2) is 0 Å². The second-order valence-corrected chi connectivity index (χ2v) is 2.94. The molecule has 0 saturated heterocycles. The van der Waals surface area contributed by atoms with Gasteiger partial charge in [-0.05, 0) is 0 Å². The van der Waals surface area contributed by atoms with Gasteiger partial charge in [0.2, 0.25) is 5.91 Å². The van der Waals surface area contributed by atoms with E-state index in [4.69, 9.17) is 5.73 Å². The molecular formula is C6H10F2N2O. The minimum absolute atomic E-state index is 0.511. The summed E-state index contributed by atoms with van der Waals surface area (Å²) in [7, 11) is 1.38. The predicted octanol–water partition coefficient (Wildman–Crippen LogP) is -0.141. The molecule has 0 heterocycles. The summed E-state index contributed by atoms with van der Waals surface area (Å²) in [6, 6.07) is 0. The monoisotopic (exact) mass is 164 g/mol. The first kappa shape index (κ1) is 8.39. The molecule has 5 heteroatoms. The Hall–Kier alpha value is -0.710. The van der Waals surface area contributed by atoms with Crippen molar-refractivity contribution in [3.63, 3.8) is 0 Å². The average Bonchev–Trinajstić information content (AvgIpc) is 1.81. The zero-order chi connectivity index (χ0) is 8.70. The first-order valence-electron chi connectivity index (χ1n) is 3.28. The van der Waals surface area contributed by atoms with Crippen LogP contribution >= 0.6 is 0 Å². The molecule has 0 atom stereocenters. The third-order valence-corrected chi connectivity index (χ3v) is 1.83. The van der Waals surface area contributed by atoms with Crippen LogP contribution in [0.4, 0.5) is 8.78 Å². The topological polar surface area (TPSA) is 55.1 Å². The minimum atomic E-state index is -2.75. The van der Waals surface area contributed by atoms with Gasteiger partial charge in [-0.3, -0.25) is 4.79 Å². The van der Waals surface area contributed by atoms with Crippen LogP contribution in [0.1, 0.15) is 12.8 Å². The molecule has 11 heavy (non-hydrogen) atoms. The van der Waals surface area contributed by atoms with Crippen LogP contribution in [0.3, 0.4) is 0 Å². The Morgan fingerprint density at radius 3 is 2.27 bits per heavy atom. The van der Waals surface area contributed by atoms with Gasteiger partial charge in [0.25, 0.3) is 5.92 Å². The number of nitrogens with one attached hydrogen (secondary N) is 1. The van der Waals surface area contributed by atoms with Crippen LogP contribution in [0.15, 0.2) is 0 Å². The highest BCUT2D eigenvalue weighted by atomic mass is 19.3. The van der Waals surface area contributed by atoms with E-state index in [2.05, 4.69) is 5.32 Å². The lowest BCUT2D eigenvalue weighted by Crippen LogP contribution is -2.65. The number of carbonyl (C=O) groups is 1. The van der Waals surface area contributed by atoms with E-state index in [0.717, 1.165) is 0 Å². The van der Waals surface area contributed by atoms with Crippen molar-refractivity contribution in [2.75, 3.05) is 7.05 Å². The van der Waals surface area contributed by atoms with Gasteiger partial charge < -0.3 is 11.1 Å². The molecule has 0 bridgehead atoms.